The second-order valence-electron chi connectivity index (χ2n) is 2.28. The van der Waals surface area contributed by atoms with Crippen LogP contribution in [0.2, 0.25) is 0 Å². The van der Waals surface area contributed by atoms with E-state index in [0.29, 0.717) is 5.92 Å². The second kappa shape index (κ2) is 2.12. The summed E-state index contributed by atoms with van der Waals surface area (Å²) in [5, 5.41) is 0. The molecule has 8 heavy (non-hydrogen) atoms. The third-order valence-corrected chi connectivity index (χ3v) is 1.78. The monoisotopic (exact) mass is 109 g/mol. The van der Waals surface area contributed by atoms with E-state index in [1.807, 2.05) is 0 Å². The van der Waals surface area contributed by atoms with Crippen molar-refractivity contribution in [3.63, 3.8) is 0 Å². The van der Waals surface area contributed by atoms with Crippen LogP contribution in [0.4, 0.5) is 0 Å². The van der Waals surface area contributed by atoms with Crippen molar-refractivity contribution in [2.45, 2.75) is 19.3 Å². The van der Waals surface area contributed by atoms with Gasteiger partial charge in [0.25, 0.3) is 0 Å². The van der Waals surface area contributed by atoms with Gasteiger partial charge in [0.1, 0.15) is 0 Å². The first-order chi connectivity index (χ1) is 3.84. The van der Waals surface area contributed by atoms with Crippen LogP contribution in [-0.2, 0) is 0 Å². The summed E-state index contributed by atoms with van der Waals surface area (Å²) in [6, 6.07) is 0. The number of rotatable bonds is 2. The number of aliphatic imine (C=N–C) groups is 1. The molecule has 0 aromatic rings. The highest BCUT2D eigenvalue weighted by molar-refractivity contribution is 5.29. The Bertz CT molecular complexity index is 112. The van der Waals surface area contributed by atoms with Crippen molar-refractivity contribution in [2.75, 3.05) is 0 Å². The van der Waals surface area contributed by atoms with Gasteiger partial charge in [-0.1, -0.05) is 13.0 Å². The lowest BCUT2D eigenvalue weighted by Crippen LogP contribution is -2.11. The largest absolute Gasteiger partial charge is 0.269 e. The summed E-state index contributed by atoms with van der Waals surface area (Å²) in [6.45, 7) is 7.18. The van der Waals surface area contributed by atoms with Crippen LogP contribution in [0.15, 0.2) is 17.3 Å². The zero-order chi connectivity index (χ0) is 5.98. The van der Waals surface area contributed by atoms with Gasteiger partial charge in [0.05, 0.1) is 0 Å². The van der Waals surface area contributed by atoms with Crippen LogP contribution in [0.3, 0.4) is 0 Å². The van der Waals surface area contributed by atoms with Gasteiger partial charge >= 0.3 is 0 Å². The lowest BCUT2D eigenvalue weighted by atomic mass is 9.83. The normalized spacial score (nSPS) is 19.5. The summed E-state index contributed by atoms with van der Waals surface area (Å²) in [7, 11) is 0. The lowest BCUT2D eigenvalue weighted by Gasteiger charge is -2.24. The predicted octanol–water partition coefficient (Wildman–Crippen LogP) is 2.00. The van der Waals surface area contributed by atoms with E-state index >= 15 is 0 Å². The molecule has 0 radical (unpaired) electrons. The molecule has 0 aromatic carbocycles. The Morgan fingerprint density at radius 2 is 2.12 bits per heavy atom. The van der Waals surface area contributed by atoms with Gasteiger partial charge in [-0.05, 0) is 19.6 Å². The smallest absolute Gasteiger partial charge is 0.0355 e. The molecule has 0 bridgehead atoms. The summed E-state index contributed by atoms with van der Waals surface area (Å²) in [6.07, 6.45) is 3.90. The molecule has 1 aliphatic rings. The highest BCUT2D eigenvalue weighted by Gasteiger charge is 2.18. The molecule has 0 saturated heterocycles. The Morgan fingerprint density at radius 3 is 2.25 bits per heavy atom. The van der Waals surface area contributed by atoms with Gasteiger partial charge in [0.15, 0.2) is 0 Å². The minimum absolute atomic E-state index is 0.674. The topological polar surface area (TPSA) is 12.4 Å². The molecule has 1 aliphatic carbocycles. The van der Waals surface area contributed by atoms with Crippen LogP contribution in [0.5, 0.6) is 0 Å². The van der Waals surface area contributed by atoms with Crippen LogP contribution in [-0.4, -0.2) is 6.72 Å². The standard InChI is InChI=1S/C7H11N/c1-6(8-2)7-4-3-5-7/h7H,1-5H2. The summed E-state index contributed by atoms with van der Waals surface area (Å²) >= 11 is 0. The molecule has 1 nitrogen and oxygen atoms in total. The average Bonchev–Trinajstić information content (AvgIpc) is 1.62. The van der Waals surface area contributed by atoms with E-state index in [1.165, 1.54) is 19.3 Å². The molecule has 1 rings (SSSR count). The first-order valence-corrected chi connectivity index (χ1v) is 3.00. The zero-order valence-electron chi connectivity index (χ0n) is 5.06. The van der Waals surface area contributed by atoms with E-state index in [0.717, 1.165) is 5.70 Å². The molecule has 0 spiro atoms. The van der Waals surface area contributed by atoms with E-state index < -0.39 is 0 Å². The zero-order valence-corrected chi connectivity index (χ0v) is 5.06. The maximum atomic E-state index is 3.77. The summed E-state index contributed by atoms with van der Waals surface area (Å²) < 4.78 is 0. The molecular formula is C7H11N. The van der Waals surface area contributed by atoms with Gasteiger partial charge in [-0.25, -0.2) is 0 Å². The molecule has 1 heteroatoms. The first-order valence-electron chi connectivity index (χ1n) is 3.00. The number of hydrogen-bond donors (Lipinski definition) is 0. The third-order valence-electron chi connectivity index (χ3n) is 1.78. The van der Waals surface area contributed by atoms with Crippen molar-refractivity contribution in [2.24, 2.45) is 10.9 Å². The van der Waals surface area contributed by atoms with Crippen LogP contribution >= 0.6 is 0 Å². The van der Waals surface area contributed by atoms with E-state index in [-0.39, 0.29) is 0 Å². The van der Waals surface area contributed by atoms with Crippen molar-refractivity contribution in [1.29, 1.82) is 0 Å². The van der Waals surface area contributed by atoms with E-state index in [1.54, 1.807) is 0 Å². The molecule has 44 valence electrons. The first kappa shape index (κ1) is 5.54. The molecule has 1 fully saturated rings. The summed E-state index contributed by atoms with van der Waals surface area (Å²) in [4.78, 5) is 3.77. The van der Waals surface area contributed by atoms with Crippen molar-refractivity contribution in [3.8, 4) is 0 Å². The van der Waals surface area contributed by atoms with E-state index in [9.17, 15) is 0 Å². The number of allylic oxidation sites excluding steroid dienone is 1. The number of nitrogens with zero attached hydrogens (tertiary/aromatic N) is 1. The quantitative estimate of drug-likeness (QED) is 0.481. The van der Waals surface area contributed by atoms with Gasteiger partial charge < -0.3 is 0 Å². The lowest BCUT2D eigenvalue weighted by molar-refractivity contribution is 0.367. The van der Waals surface area contributed by atoms with Crippen molar-refractivity contribution >= 4 is 6.72 Å². The number of hydrogen-bond acceptors (Lipinski definition) is 1. The Hall–Kier alpha value is -0.590. The predicted molar refractivity (Wildman–Crippen MR) is 36.0 cm³/mol. The second-order valence-corrected chi connectivity index (χ2v) is 2.28. The van der Waals surface area contributed by atoms with E-state index in [4.69, 9.17) is 0 Å². The molecule has 0 aromatic heterocycles. The highest BCUT2D eigenvalue weighted by Crippen LogP contribution is 2.32. The Morgan fingerprint density at radius 1 is 1.50 bits per heavy atom. The van der Waals surface area contributed by atoms with Gasteiger partial charge in [-0.15, -0.1) is 0 Å². The van der Waals surface area contributed by atoms with Gasteiger partial charge in [0.2, 0.25) is 0 Å². The van der Waals surface area contributed by atoms with Crippen LogP contribution < -0.4 is 0 Å². The van der Waals surface area contributed by atoms with Crippen LogP contribution in [0.1, 0.15) is 19.3 Å². The van der Waals surface area contributed by atoms with Gasteiger partial charge in [-0.3, -0.25) is 4.99 Å². The molecule has 0 atom stereocenters. The molecule has 0 N–H and O–H groups in total. The van der Waals surface area contributed by atoms with Crippen LogP contribution in [0.25, 0.3) is 0 Å². The molecular weight excluding hydrogens is 98.1 g/mol. The van der Waals surface area contributed by atoms with Crippen LogP contribution in [0, 0.1) is 5.92 Å². The van der Waals surface area contributed by atoms with Crippen molar-refractivity contribution in [1.82, 2.24) is 0 Å². The molecule has 0 unspecified atom stereocenters. The van der Waals surface area contributed by atoms with Crippen molar-refractivity contribution in [3.05, 3.63) is 12.3 Å². The average molecular weight is 109 g/mol. The minimum atomic E-state index is 0.674. The van der Waals surface area contributed by atoms with Gasteiger partial charge in [-0.2, -0.15) is 0 Å². The fourth-order valence-electron chi connectivity index (χ4n) is 0.871. The fraction of sp³-hybridized carbons (Fsp3) is 0.571. The Labute approximate surface area is 50.1 Å². The summed E-state index contributed by atoms with van der Waals surface area (Å²) in [5.74, 6) is 0.674. The maximum absolute atomic E-state index is 3.77. The Kier molecular flexibility index (Phi) is 1.47. The Balaban J connectivity index is 2.34. The summed E-state index contributed by atoms with van der Waals surface area (Å²) in [5.41, 5.74) is 0.983. The SMILES string of the molecule is C=NC(=C)C1CCC1. The minimum Gasteiger partial charge on any atom is -0.269 e. The maximum Gasteiger partial charge on any atom is 0.0355 e. The molecule has 1 saturated carbocycles. The molecule has 0 amide bonds. The third kappa shape index (κ3) is 0.808. The van der Waals surface area contributed by atoms with Crippen molar-refractivity contribution < 1.29 is 0 Å². The highest BCUT2D eigenvalue weighted by atomic mass is 14.7. The van der Waals surface area contributed by atoms with Gasteiger partial charge in [0, 0.05) is 11.6 Å². The fourth-order valence-corrected chi connectivity index (χ4v) is 0.871. The molecule has 0 heterocycles. The van der Waals surface area contributed by atoms with E-state index in [2.05, 4.69) is 18.3 Å². The molecule has 0 aliphatic heterocycles.